The van der Waals surface area contributed by atoms with Gasteiger partial charge in [-0.1, -0.05) is 57.4 Å². The Morgan fingerprint density at radius 3 is 2.53 bits per heavy atom. The van der Waals surface area contributed by atoms with Gasteiger partial charge in [0.15, 0.2) is 5.03 Å². The molecule has 1 atom stereocenters. The maximum Gasteiger partial charge on any atom is 0.296 e. The summed E-state index contributed by atoms with van der Waals surface area (Å²) in [5.41, 5.74) is 4.39. The largest absolute Gasteiger partial charge is 0.455 e. The number of aromatic amines is 1. The Hall–Kier alpha value is -5.54. The van der Waals surface area contributed by atoms with Gasteiger partial charge < -0.3 is 19.9 Å². The molecule has 0 radical (unpaired) electrons. The highest BCUT2D eigenvalue weighted by molar-refractivity contribution is 7.90. The second-order valence-corrected chi connectivity index (χ2v) is 19.9. The smallest absolute Gasteiger partial charge is 0.296 e. The number of benzene rings is 2. The lowest BCUT2D eigenvalue weighted by molar-refractivity contribution is -0.384. The second-order valence-electron chi connectivity index (χ2n) is 18.3. The van der Waals surface area contributed by atoms with Crippen molar-refractivity contribution in [1.82, 2.24) is 24.6 Å². The van der Waals surface area contributed by atoms with Crippen molar-refractivity contribution in [1.29, 1.82) is 0 Å². The molecule has 0 bridgehead atoms. The van der Waals surface area contributed by atoms with E-state index in [1.807, 2.05) is 12.1 Å². The van der Waals surface area contributed by atoms with E-state index in [1.165, 1.54) is 43.2 Å². The minimum atomic E-state index is -4.63. The molecule has 4 aliphatic rings. The van der Waals surface area contributed by atoms with Crippen LogP contribution in [0.1, 0.15) is 118 Å². The number of likely N-dealkylation sites (tertiary alicyclic amines) is 1. The van der Waals surface area contributed by atoms with E-state index < -0.39 is 31.6 Å². The minimum absolute atomic E-state index is 0.0262. The van der Waals surface area contributed by atoms with Crippen LogP contribution in [0.15, 0.2) is 84.3 Å². The van der Waals surface area contributed by atoms with Gasteiger partial charge in [0.1, 0.15) is 22.8 Å². The molecule has 2 saturated carbocycles. The summed E-state index contributed by atoms with van der Waals surface area (Å²) in [4.78, 5) is 42.0. The monoisotopic (exact) mass is 860 g/mol. The van der Waals surface area contributed by atoms with E-state index in [0.29, 0.717) is 41.9 Å². The maximum absolute atomic E-state index is 13.9. The Bertz CT molecular complexity index is 2560. The Morgan fingerprint density at radius 1 is 0.968 bits per heavy atom. The van der Waals surface area contributed by atoms with Crippen molar-refractivity contribution in [2.75, 3.05) is 36.4 Å². The molecule has 326 valence electrons. The Kier molecular flexibility index (Phi) is 11.7. The van der Waals surface area contributed by atoms with Crippen molar-refractivity contribution in [2.45, 2.75) is 108 Å². The van der Waals surface area contributed by atoms with Gasteiger partial charge in [-0.2, -0.15) is 8.42 Å². The third-order valence-electron chi connectivity index (χ3n) is 13.8. The summed E-state index contributed by atoms with van der Waals surface area (Å²) in [6, 6.07) is 19.7. The Morgan fingerprint density at radius 2 is 1.76 bits per heavy atom. The van der Waals surface area contributed by atoms with Gasteiger partial charge in [-0.25, -0.2) is 14.7 Å². The molecule has 4 fully saturated rings. The van der Waals surface area contributed by atoms with Crippen molar-refractivity contribution < 1.29 is 22.9 Å². The van der Waals surface area contributed by atoms with Gasteiger partial charge in [-0.3, -0.25) is 19.8 Å². The van der Waals surface area contributed by atoms with Crippen LogP contribution in [0.3, 0.4) is 0 Å². The topological polar surface area (TPSA) is 176 Å². The molecular weight excluding hydrogens is 805 g/mol. The van der Waals surface area contributed by atoms with Gasteiger partial charge in [0.2, 0.25) is 0 Å². The molecule has 1 spiro atoms. The minimum Gasteiger partial charge on any atom is -0.455 e. The van der Waals surface area contributed by atoms with Crippen LogP contribution in [-0.4, -0.2) is 71.3 Å². The molecule has 2 saturated heterocycles. The Labute approximate surface area is 363 Å². The summed E-state index contributed by atoms with van der Waals surface area (Å²) < 4.78 is 35.7. The SMILES string of the molecule is CC(C)c1ccccc1C1CCCN1C1CCC2(CC1)CN(c1ccc(C(=O)NS(=O)(=O)c3cc([N+](=O)[O-])c(NCC4CCCCC4)cn3)c(Oc3cnc4[nH]ccc4c3)c1)C2. The lowest BCUT2D eigenvalue weighted by atomic mass is 9.67. The fourth-order valence-corrected chi connectivity index (χ4v) is 11.4. The molecule has 62 heavy (non-hydrogen) atoms. The number of H-pyrrole nitrogens is 1. The summed E-state index contributed by atoms with van der Waals surface area (Å²) in [5, 5.41) is 15.4. The zero-order valence-corrected chi connectivity index (χ0v) is 36.3. The molecule has 2 aliphatic heterocycles. The average Bonchev–Trinajstić information content (AvgIpc) is 3.95. The maximum atomic E-state index is 13.9. The quantitative estimate of drug-likeness (QED) is 0.0760. The molecule has 1 amide bonds. The van der Waals surface area contributed by atoms with E-state index in [9.17, 15) is 23.3 Å². The van der Waals surface area contributed by atoms with Crippen molar-refractivity contribution >= 4 is 44.0 Å². The van der Waals surface area contributed by atoms with E-state index in [2.05, 4.69) is 72.9 Å². The van der Waals surface area contributed by atoms with E-state index >= 15 is 0 Å². The number of nitrogens with one attached hydrogen (secondary N) is 3. The molecule has 5 heterocycles. The molecule has 15 heteroatoms. The van der Waals surface area contributed by atoms with Gasteiger partial charge >= 0.3 is 0 Å². The van der Waals surface area contributed by atoms with Crippen molar-refractivity contribution in [3.8, 4) is 11.5 Å². The first-order valence-electron chi connectivity index (χ1n) is 22.3. The summed E-state index contributed by atoms with van der Waals surface area (Å²) in [6.07, 6.45) is 17.0. The number of hydrogen-bond donors (Lipinski definition) is 3. The van der Waals surface area contributed by atoms with Crippen LogP contribution in [0, 0.1) is 21.4 Å². The number of rotatable bonds is 13. The van der Waals surface area contributed by atoms with Crippen LogP contribution in [0.4, 0.5) is 17.1 Å². The highest BCUT2D eigenvalue weighted by Gasteiger charge is 2.47. The number of anilines is 2. The number of nitrogens with zero attached hydrogens (tertiary/aromatic N) is 5. The van der Waals surface area contributed by atoms with Crippen LogP contribution in [0.25, 0.3) is 11.0 Å². The van der Waals surface area contributed by atoms with Gasteiger partial charge in [0.25, 0.3) is 21.6 Å². The number of carbonyl (C=O) groups is 1. The van der Waals surface area contributed by atoms with E-state index in [-0.39, 0.29) is 22.4 Å². The number of pyridine rings is 2. The van der Waals surface area contributed by atoms with Crippen LogP contribution in [-0.2, 0) is 10.0 Å². The van der Waals surface area contributed by atoms with Crippen LogP contribution < -0.4 is 19.7 Å². The zero-order chi connectivity index (χ0) is 43.0. The number of sulfonamides is 1. The summed E-state index contributed by atoms with van der Waals surface area (Å²) in [7, 11) is -4.63. The predicted molar refractivity (Wildman–Crippen MR) is 239 cm³/mol. The first kappa shape index (κ1) is 41.8. The molecule has 3 aromatic heterocycles. The Balaban J connectivity index is 0.902. The molecule has 9 rings (SSSR count). The average molecular weight is 861 g/mol. The molecule has 2 aliphatic carbocycles. The number of carbonyl (C=O) groups excluding carboxylic acids is 1. The van der Waals surface area contributed by atoms with Crippen molar-refractivity contribution in [3.05, 3.63) is 106 Å². The lowest BCUT2D eigenvalue weighted by Crippen LogP contribution is -2.59. The van der Waals surface area contributed by atoms with Crippen LogP contribution >= 0.6 is 0 Å². The molecule has 1 unspecified atom stereocenters. The van der Waals surface area contributed by atoms with E-state index in [4.69, 9.17) is 4.74 Å². The van der Waals surface area contributed by atoms with E-state index in [1.54, 1.807) is 30.6 Å². The van der Waals surface area contributed by atoms with Crippen LogP contribution in [0.5, 0.6) is 11.5 Å². The fraction of sp³-hybridized carbons (Fsp3) is 0.468. The molecule has 2 aromatic carbocycles. The van der Waals surface area contributed by atoms with E-state index in [0.717, 1.165) is 81.5 Å². The first-order valence-corrected chi connectivity index (χ1v) is 23.7. The summed E-state index contributed by atoms with van der Waals surface area (Å²) in [6.45, 7) is 8.02. The summed E-state index contributed by atoms with van der Waals surface area (Å²) >= 11 is 0. The number of fused-ring (bicyclic) bond motifs is 1. The highest BCUT2D eigenvalue weighted by atomic mass is 32.2. The van der Waals surface area contributed by atoms with Crippen LogP contribution in [0.2, 0.25) is 0 Å². The third kappa shape index (κ3) is 8.61. The highest BCUT2D eigenvalue weighted by Crippen LogP contribution is 2.49. The molecule has 3 N–H and O–H groups in total. The standard InChI is InChI=1S/C47H56N8O6S/c1-31(2)37-11-6-7-12-38(37)41-13-8-22-54(41)34-16-19-47(20-17-34)29-53(30-47)35-14-15-39(43(24-35)61-36-23-33-18-21-48-45(33)51-27-36)46(56)52-62(59,60)44-25-42(55(57)58)40(28-50-44)49-26-32-9-4-3-5-10-32/h6-7,11-12,14-15,18,21,23-25,27-28,31-32,34,41,49H,3-5,8-10,13,16-17,19-20,22,26,29-30H2,1-2H3,(H,48,51)(H,52,56). The molecule has 5 aromatic rings. The fourth-order valence-electron chi connectivity index (χ4n) is 10.5. The number of aromatic nitrogens is 3. The van der Waals surface area contributed by atoms with Gasteiger partial charge in [0.05, 0.1) is 28.9 Å². The number of hydrogen-bond acceptors (Lipinski definition) is 11. The number of ether oxygens (including phenoxy) is 1. The summed E-state index contributed by atoms with van der Waals surface area (Å²) in [5.74, 6) is 0.439. The van der Waals surface area contributed by atoms with Crippen molar-refractivity contribution in [3.63, 3.8) is 0 Å². The zero-order valence-electron chi connectivity index (χ0n) is 35.5. The lowest BCUT2D eigenvalue weighted by Gasteiger charge is -2.55. The van der Waals surface area contributed by atoms with Gasteiger partial charge in [-0.15, -0.1) is 0 Å². The predicted octanol–water partition coefficient (Wildman–Crippen LogP) is 9.48. The first-order chi connectivity index (χ1) is 29.9. The van der Waals surface area contributed by atoms with Gasteiger partial charge in [0, 0.05) is 60.5 Å². The third-order valence-corrected chi connectivity index (χ3v) is 15.1. The normalized spacial score (nSPS) is 19.8. The second kappa shape index (κ2) is 17.3. The molecular formula is C47H56N8O6S. The van der Waals surface area contributed by atoms with Gasteiger partial charge in [-0.05, 0) is 105 Å². The number of nitro groups is 1. The number of amides is 1. The van der Waals surface area contributed by atoms with Crippen molar-refractivity contribution in [2.24, 2.45) is 11.3 Å². The molecule has 14 nitrogen and oxygen atoms in total.